The molecule has 0 aromatic carbocycles. The summed E-state index contributed by atoms with van der Waals surface area (Å²) in [4.78, 5) is 24.8. The van der Waals surface area contributed by atoms with Crippen molar-refractivity contribution in [3.05, 3.63) is 11.6 Å². The second-order valence-electron chi connectivity index (χ2n) is 16.6. The molecule has 3 fully saturated rings. The van der Waals surface area contributed by atoms with Gasteiger partial charge in [-0.05, 0) is 105 Å². The van der Waals surface area contributed by atoms with Gasteiger partial charge in [-0.15, -0.1) is 0 Å². The first kappa shape index (κ1) is 37.1. The van der Waals surface area contributed by atoms with Gasteiger partial charge in [0.25, 0.3) is 0 Å². The van der Waals surface area contributed by atoms with Gasteiger partial charge in [-0.25, -0.2) is 0 Å². The molecule has 44 heavy (non-hydrogen) atoms. The third kappa shape index (κ3) is 8.91. The van der Waals surface area contributed by atoms with Crippen molar-refractivity contribution in [1.82, 2.24) is 0 Å². The quantitative estimate of drug-likeness (QED) is 0.174. The average Bonchev–Trinajstić information content (AvgIpc) is 3.29. The van der Waals surface area contributed by atoms with Gasteiger partial charge in [-0.2, -0.15) is 0 Å². The highest BCUT2D eigenvalue weighted by Gasteiger charge is 2.59. The molecule has 3 saturated carbocycles. The lowest BCUT2D eigenvalue weighted by Crippen LogP contribution is -2.51. The Morgan fingerprint density at radius 1 is 0.977 bits per heavy atom. The van der Waals surface area contributed by atoms with E-state index in [1.54, 1.807) is 13.8 Å². The van der Waals surface area contributed by atoms with E-state index in [0.29, 0.717) is 11.8 Å². The van der Waals surface area contributed by atoms with Gasteiger partial charge in [0, 0.05) is 19.4 Å². The molecule has 8 atom stereocenters. The van der Waals surface area contributed by atoms with Gasteiger partial charge in [0.1, 0.15) is 11.7 Å². The first-order valence-corrected chi connectivity index (χ1v) is 18.4. The van der Waals surface area contributed by atoms with Gasteiger partial charge in [0.05, 0.1) is 12.8 Å². The highest BCUT2D eigenvalue weighted by atomic mass is 16.6. The summed E-state index contributed by atoms with van der Waals surface area (Å²) in [6, 6.07) is 0. The van der Waals surface area contributed by atoms with Crippen molar-refractivity contribution in [1.29, 1.82) is 0 Å². The highest BCUT2D eigenvalue weighted by molar-refractivity contribution is 5.78. The standard InChI is InChI=1S/C36H60O5.C3H8/c1-24(2)9-8-10-25(3)29-13-14-30-28-12-11-26-23-27(17-19-35(26,6)31(28)18-20-36(29,30)7)40-32(38)15-16-33(39)41-34(4,5)21-22-37;1-3-2/h11,24-25,27-31,37H,8-10,12-23H2,1-7H3;3H2,1-2H3/t25?,27-,28?,29?,30?,31?,35-,36+;/m0./s1. The molecule has 1 N–H and O–H groups in total. The molecule has 0 heterocycles. The predicted octanol–water partition coefficient (Wildman–Crippen LogP) is 9.84. The molecule has 5 nitrogen and oxygen atoms in total. The minimum Gasteiger partial charge on any atom is -0.462 e. The maximum Gasteiger partial charge on any atom is 0.306 e. The number of carbonyl (C=O) groups excluding carboxylic acids is 2. The topological polar surface area (TPSA) is 72.8 Å². The first-order chi connectivity index (χ1) is 20.7. The number of aliphatic hydroxyl groups is 1. The van der Waals surface area contributed by atoms with Crippen molar-refractivity contribution in [2.75, 3.05) is 6.61 Å². The van der Waals surface area contributed by atoms with Gasteiger partial charge in [-0.3, -0.25) is 9.59 Å². The third-order valence-electron chi connectivity index (χ3n) is 12.2. The second kappa shape index (κ2) is 16.0. The molecule has 5 heteroatoms. The SMILES string of the molecule is CC(C)CCCC(C)C1CCC2C3CC=C4C[C@@H](OC(=O)CCC(=O)OC(C)(C)CCO)CC[C@]4(C)C3CC[C@]12C.CCC. The Morgan fingerprint density at radius 3 is 2.32 bits per heavy atom. The van der Waals surface area contributed by atoms with Crippen molar-refractivity contribution < 1.29 is 24.2 Å². The lowest BCUT2D eigenvalue weighted by molar-refractivity contribution is -0.162. The van der Waals surface area contributed by atoms with Gasteiger partial charge in [0.15, 0.2) is 0 Å². The van der Waals surface area contributed by atoms with Crippen LogP contribution in [0.1, 0.15) is 159 Å². The molecule has 0 radical (unpaired) electrons. The molecule has 0 aliphatic heterocycles. The van der Waals surface area contributed by atoms with Crippen LogP contribution in [0.15, 0.2) is 11.6 Å². The largest absolute Gasteiger partial charge is 0.462 e. The summed E-state index contributed by atoms with van der Waals surface area (Å²) in [7, 11) is 0. The minimum absolute atomic E-state index is 0.0159. The van der Waals surface area contributed by atoms with E-state index in [1.807, 2.05) is 0 Å². The molecule has 0 aromatic rings. The molecular weight excluding hydrogens is 548 g/mol. The number of hydrogen-bond acceptors (Lipinski definition) is 5. The summed E-state index contributed by atoms with van der Waals surface area (Å²) in [5.41, 5.74) is 1.53. The van der Waals surface area contributed by atoms with E-state index in [2.05, 4.69) is 54.5 Å². The molecular formula is C39H68O5. The van der Waals surface area contributed by atoms with Crippen LogP contribution in [0.3, 0.4) is 0 Å². The van der Waals surface area contributed by atoms with E-state index in [9.17, 15) is 9.59 Å². The Kier molecular flexibility index (Phi) is 13.5. The Balaban J connectivity index is 0.00000169. The Hall–Kier alpha value is -1.36. The van der Waals surface area contributed by atoms with Crippen LogP contribution < -0.4 is 0 Å². The molecule has 4 aliphatic rings. The predicted molar refractivity (Wildman–Crippen MR) is 180 cm³/mol. The molecule has 0 bridgehead atoms. The van der Waals surface area contributed by atoms with E-state index in [1.165, 1.54) is 63.4 Å². The lowest BCUT2D eigenvalue weighted by Gasteiger charge is -2.58. The molecule has 4 rings (SSSR count). The summed E-state index contributed by atoms with van der Waals surface area (Å²) in [6.07, 6.45) is 17.9. The van der Waals surface area contributed by atoms with Crippen LogP contribution in [-0.4, -0.2) is 35.4 Å². The zero-order valence-corrected chi connectivity index (χ0v) is 30.0. The number of esters is 2. The van der Waals surface area contributed by atoms with E-state index in [0.717, 1.165) is 54.8 Å². The van der Waals surface area contributed by atoms with E-state index in [4.69, 9.17) is 14.6 Å². The van der Waals surface area contributed by atoms with Crippen molar-refractivity contribution in [3.8, 4) is 0 Å². The lowest BCUT2D eigenvalue weighted by atomic mass is 9.47. The Morgan fingerprint density at radius 2 is 1.66 bits per heavy atom. The monoisotopic (exact) mass is 617 g/mol. The minimum atomic E-state index is -0.726. The van der Waals surface area contributed by atoms with Gasteiger partial charge < -0.3 is 14.6 Å². The van der Waals surface area contributed by atoms with Gasteiger partial charge >= 0.3 is 11.9 Å². The highest BCUT2D eigenvalue weighted by Crippen LogP contribution is 2.67. The summed E-state index contributed by atoms with van der Waals surface area (Å²) in [5.74, 6) is 4.22. The molecule has 4 aliphatic carbocycles. The molecule has 0 amide bonds. The molecule has 5 unspecified atom stereocenters. The van der Waals surface area contributed by atoms with Crippen molar-refractivity contribution >= 4 is 11.9 Å². The van der Waals surface area contributed by atoms with Crippen LogP contribution in [0.25, 0.3) is 0 Å². The summed E-state index contributed by atoms with van der Waals surface area (Å²) in [6.45, 7) is 20.2. The van der Waals surface area contributed by atoms with Crippen molar-refractivity contribution in [2.45, 2.75) is 170 Å². The van der Waals surface area contributed by atoms with Crippen LogP contribution in [-0.2, 0) is 19.1 Å². The van der Waals surface area contributed by atoms with E-state index < -0.39 is 11.6 Å². The first-order valence-electron chi connectivity index (χ1n) is 18.4. The summed E-state index contributed by atoms with van der Waals surface area (Å²) in [5, 5.41) is 9.13. The second-order valence-corrected chi connectivity index (χ2v) is 16.6. The number of aliphatic hydroxyl groups excluding tert-OH is 1. The Bertz CT molecular complexity index is 968. The fourth-order valence-electron chi connectivity index (χ4n) is 9.88. The van der Waals surface area contributed by atoms with Gasteiger partial charge in [-0.1, -0.05) is 85.8 Å². The molecule has 254 valence electrons. The molecule has 0 spiro atoms. The molecule has 0 saturated heterocycles. The average molecular weight is 617 g/mol. The zero-order valence-electron chi connectivity index (χ0n) is 30.0. The molecule has 0 aromatic heterocycles. The number of rotatable bonds is 12. The van der Waals surface area contributed by atoms with Crippen LogP contribution in [0, 0.1) is 46.3 Å². The maximum atomic E-state index is 12.6. The van der Waals surface area contributed by atoms with E-state index in [-0.39, 0.29) is 36.9 Å². The zero-order chi connectivity index (χ0) is 32.7. The van der Waals surface area contributed by atoms with Crippen LogP contribution in [0.4, 0.5) is 0 Å². The smallest absolute Gasteiger partial charge is 0.306 e. The van der Waals surface area contributed by atoms with Crippen LogP contribution >= 0.6 is 0 Å². The third-order valence-corrected chi connectivity index (χ3v) is 12.2. The fourth-order valence-corrected chi connectivity index (χ4v) is 9.88. The van der Waals surface area contributed by atoms with E-state index >= 15 is 0 Å². The number of allylic oxidation sites excluding steroid dienone is 1. The Labute approximate surface area is 270 Å². The van der Waals surface area contributed by atoms with Crippen molar-refractivity contribution in [2.24, 2.45) is 46.3 Å². The normalized spacial score (nSPS) is 33.6. The van der Waals surface area contributed by atoms with Crippen molar-refractivity contribution in [3.63, 3.8) is 0 Å². The maximum absolute atomic E-state index is 12.6. The number of ether oxygens (including phenoxy) is 2. The number of fused-ring (bicyclic) bond motifs is 5. The van der Waals surface area contributed by atoms with Gasteiger partial charge in [0.2, 0.25) is 0 Å². The number of hydrogen-bond donors (Lipinski definition) is 1. The summed E-state index contributed by atoms with van der Waals surface area (Å²) >= 11 is 0. The van der Waals surface area contributed by atoms with Crippen LogP contribution in [0.2, 0.25) is 0 Å². The summed E-state index contributed by atoms with van der Waals surface area (Å²) < 4.78 is 11.3. The fraction of sp³-hybridized carbons (Fsp3) is 0.897. The van der Waals surface area contributed by atoms with Crippen LogP contribution in [0.5, 0.6) is 0 Å². The number of carbonyl (C=O) groups is 2.